The van der Waals surface area contributed by atoms with Crippen molar-refractivity contribution in [2.75, 3.05) is 16.6 Å². The molecule has 0 saturated heterocycles. The molecule has 2 aromatic rings. The van der Waals surface area contributed by atoms with Crippen LogP contribution in [-0.2, 0) is 10.0 Å². The van der Waals surface area contributed by atoms with E-state index in [2.05, 4.69) is 0 Å². The molecule has 0 aliphatic carbocycles. The lowest BCUT2D eigenvalue weighted by Crippen LogP contribution is -2.32. The number of nitrogens with zero attached hydrogens (tertiary/aromatic N) is 2. The molecule has 1 aliphatic rings. The molecule has 0 bridgehead atoms. The summed E-state index contributed by atoms with van der Waals surface area (Å²) in [6.07, 6.45) is 0.716. The first-order valence-corrected chi connectivity index (χ1v) is 9.42. The molecular weight excluding hydrogens is 336 g/mol. The quantitative estimate of drug-likeness (QED) is 0.627. The van der Waals surface area contributed by atoms with Crippen LogP contribution >= 0.6 is 11.8 Å². The summed E-state index contributed by atoms with van der Waals surface area (Å²) >= 11 is 1.62. The Labute approximate surface area is 138 Å². The maximum Gasteiger partial charge on any atom is 0.270 e. The van der Waals surface area contributed by atoms with E-state index in [9.17, 15) is 18.5 Å². The fourth-order valence-corrected chi connectivity index (χ4v) is 5.04. The van der Waals surface area contributed by atoms with E-state index in [0.717, 1.165) is 16.7 Å². The Bertz CT molecular complexity index is 852. The lowest BCUT2D eigenvalue weighted by molar-refractivity contribution is -0.385. The Hall–Kier alpha value is -2.06. The second-order valence-corrected chi connectivity index (χ2v) is 8.00. The predicted octanol–water partition coefficient (Wildman–Crippen LogP) is 3.29. The molecule has 6 nitrogen and oxygen atoms in total. The highest BCUT2D eigenvalue weighted by Crippen LogP contribution is 2.36. The zero-order valence-electron chi connectivity index (χ0n) is 12.1. The summed E-state index contributed by atoms with van der Waals surface area (Å²) in [5.41, 5.74) is 0.394. The zero-order valence-corrected chi connectivity index (χ0v) is 13.7. The third kappa shape index (κ3) is 3.04. The van der Waals surface area contributed by atoms with Crippen molar-refractivity contribution in [2.24, 2.45) is 0 Å². The van der Waals surface area contributed by atoms with Crippen molar-refractivity contribution >= 4 is 33.2 Å². The highest BCUT2D eigenvalue weighted by Gasteiger charge is 2.29. The van der Waals surface area contributed by atoms with Crippen molar-refractivity contribution in [3.63, 3.8) is 0 Å². The third-order valence-electron chi connectivity index (χ3n) is 3.51. The number of rotatable bonds is 3. The van der Waals surface area contributed by atoms with Gasteiger partial charge in [-0.2, -0.15) is 0 Å². The number of sulfonamides is 1. The molecule has 0 N–H and O–H groups in total. The molecule has 0 radical (unpaired) electrons. The van der Waals surface area contributed by atoms with Gasteiger partial charge < -0.3 is 0 Å². The molecule has 0 amide bonds. The van der Waals surface area contributed by atoms with Gasteiger partial charge in [0.1, 0.15) is 0 Å². The van der Waals surface area contributed by atoms with E-state index in [1.165, 1.54) is 22.5 Å². The Balaban J connectivity index is 2.09. The molecule has 120 valence electrons. The summed E-state index contributed by atoms with van der Waals surface area (Å²) in [4.78, 5) is 11.2. The summed E-state index contributed by atoms with van der Waals surface area (Å²) in [6, 6.07) is 12.5. The van der Waals surface area contributed by atoms with E-state index in [1.54, 1.807) is 23.9 Å². The second-order valence-electron chi connectivity index (χ2n) is 5.00. The van der Waals surface area contributed by atoms with Crippen LogP contribution < -0.4 is 4.31 Å². The van der Waals surface area contributed by atoms with Gasteiger partial charge in [0.2, 0.25) is 0 Å². The minimum atomic E-state index is -3.84. The number of non-ortho nitro benzene ring substituents is 1. The lowest BCUT2D eigenvalue weighted by atomic mass is 10.3. The fraction of sp³-hybridized carbons (Fsp3) is 0.200. The normalized spacial score (nSPS) is 14.9. The summed E-state index contributed by atoms with van der Waals surface area (Å²) in [5.74, 6) is 0.831. The molecule has 0 aromatic heterocycles. The number of nitro groups is 1. The van der Waals surface area contributed by atoms with Crippen LogP contribution in [0.5, 0.6) is 0 Å². The van der Waals surface area contributed by atoms with Crippen molar-refractivity contribution in [3.8, 4) is 0 Å². The van der Waals surface area contributed by atoms with Crippen molar-refractivity contribution in [1.29, 1.82) is 0 Å². The van der Waals surface area contributed by atoms with Crippen LogP contribution in [0.15, 0.2) is 58.3 Å². The maximum atomic E-state index is 13.0. The zero-order chi connectivity index (χ0) is 16.4. The molecule has 1 heterocycles. The fourth-order valence-electron chi connectivity index (χ4n) is 2.43. The molecule has 0 unspecified atom stereocenters. The second kappa shape index (κ2) is 6.21. The van der Waals surface area contributed by atoms with Crippen LogP contribution in [0.25, 0.3) is 0 Å². The number of para-hydroxylation sites is 1. The van der Waals surface area contributed by atoms with Gasteiger partial charge in [-0.05, 0) is 30.4 Å². The van der Waals surface area contributed by atoms with Crippen LogP contribution in [0.1, 0.15) is 6.42 Å². The smallest absolute Gasteiger partial charge is 0.265 e. The van der Waals surface area contributed by atoms with Gasteiger partial charge in [0, 0.05) is 23.6 Å². The van der Waals surface area contributed by atoms with E-state index < -0.39 is 14.9 Å². The van der Waals surface area contributed by atoms with E-state index in [4.69, 9.17) is 0 Å². The van der Waals surface area contributed by atoms with Gasteiger partial charge in [-0.15, -0.1) is 11.8 Å². The largest absolute Gasteiger partial charge is 0.270 e. The number of benzene rings is 2. The van der Waals surface area contributed by atoms with Gasteiger partial charge >= 0.3 is 0 Å². The van der Waals surface area contributed by atoms with Crippen LogP contribution in [0, 0.1) is 10.1 Å². The summed E-state index contributed by atoms with van der Waals surface area (Å²) in [5, 5.41) is 10.9. The first kappa shape index (κ1) is 15.8. The Morgan fingerprint density at radius 1 is 1.13 bits per heavy atom. The average Bonchev–Trinajstić information content (AvgIpc) is 2.77. The molecule has 3 rings (SSSR count). The van der Waals surface area contributed by atoms with Crippen LogP contribution in [0.2, 0.25) is 0 Å². The average molecular weight is 350 g/mol. The Morgan fingerprint density at radius 3 is 2.70 bits per heavy atom. The summed E-state index contributed by atoms with van der Waals surface area (Å²) in [7, 11) is -3.84. The highest BCUT2D eigenvalue weighted by atomic mass is 32.2. The number of thioether (sulfide) groups is 1. The van der Waals surface area contributed by atoms with Gasteiger partial charge in [-0.25, -0.2) is 8.42 Å². The number of anilines is 1. The van der Waals surface area contributed by atoms with E-state index in [0.29, 0.717) is 18.7 Å². The molecule has 0 spiro atoms. The van der Waals surface area contributed by atoms with Crippen LogP contribution in [0.3, 0.4) is 0 Å². The number of hydrogen-bond acceptors (Lipinski definition) is 5. The maximum absolute atomic E-state index is 13.0. The first-order valence-electron chi connectivity index (χ1n) is 6.99. The van der Waals surface area contributed by atoms with Crippen LogP contribution in [0.4, 0.5) is 11.4 Å². The molecule has 8 heteroatoms. The first-order chi connectivity index (χ1) is 11.0. The minimum absolute atomic E-state index is 0.0617. The highest BCUT2D eigenvalue weighted by molar-refractivity contribution is 7.99. The Morgan fingerprint density at radius 2 is 1.91 bits per heavy atom. The monoisotopic (exact) mass is 350 g/mol. The SMILES string of the molecule is O=[N+]([O-])c1cccc(S(=O)(=O)N2CCCSc3ccccc32)c1. The molecule has 23 heavy (non-hydrogen) atoms. The standard InChI is InChI=1S/C15H14N2O4S2/c18-17(19)12-5-3-6-13(11-12)23(20,21)16-9-4-10-22-15-8-2-1-7-14(15)16/h1-3,5-8,11H,4,9-10H2. The van der Waals surface area contributed by atoms with Gasteiger partial charge in [0.05, 0.1) is 15.5 Å². The number of fused-ring (bicyclic) bond motifs is 1. The number of nitro benzene ring substituents is 1. The molecule has 1 aliphatic heterocycles. The minimum Gasteiger partial charge on any atom is -0.265 e. The van der Waals surface area contributed by atoms with Gasteiger partial charge in [0.15, 0.2) is 0 Å². The van der Waals surface area contributed by atoms with Gasteiger partial charge in [0.25, 0.3) is 15.7 Å². The number of hydrogen-bond donors (Lipinski definition) is 0. The van der Waals surface area contributed by atoms with E-state index >= 15 is 0 Å². The van der Waals surface area contributed by atoms with Gasteiger partial charge in [-0.1, -0.05) is 18.2 Å². The van der Waals surface area contributed by atoms with E-state index in [-0.39, 0.29) is 10.6 Å². The van der Waals surface area contributed by atoms with Crippen molar-refractivity contribution in [2.45, 2.75) is 16.2 Å². The molecule has 0 atom stereocenters. The van der Waals surface area contributed by atoms with Crippen molar-refractivity contribution in [3.05, 3.63) is 58.6 Å². The topological polar surface area (TPSA) is 80.5 Å². The molecule has 2 aromatic carbocycles. The van der Waals surface area contributed by atoms with E-state index in [1.807, 2.05) is 12.1 Å². The van der Waals surface area contributed by atoms with Gasteiger partial charge in [-0.3, -0.25) is 14.4 Å². The molecule has 0 fully saturated rings. The molecular formula is C15H14N2O4S2. The van der Waals surface area contributed by atoms with Crippen LogP contribution in [-0.4, -0.2) is 25.6 Å². The summed E-state index contributed by atoms with van der Waals surface area (Å²) in [6.45, 7) is 0.356. The van der Waals surface area contributed by atoms with Crippen molar-refractivity contribution in [1.82, 2.24) is 0 Å². The third-order valence-corrected chi connectivity index (χ3v) is 6.47. The Kier molecular flexibility index (Phi) is 4.27. The lowest BCUT2D eigenvalue weighted by Gasteiger charge is -2.24. The van der Waals surface area contributed by atoms with Crippen molar-refractivity contribution < 1.29 is 13.3 Å². The summed E-state index contributed by atoms with van der Waals surface area (Å²) < 4.78 is 27.3. The molecule has 0 saturated carbocycles. The predicted molar refractivity (Wildman–Crippen MR) is 89.4 cm³/mol.